The molecule has 0 N–H and O–H groups in total. The second kappa shape index (κ2) is 8.70. The van der Waals surface area contributed by atoms with Crippen LogP contribution in [0, 0.1) is 17.2 Å². The fourth-order valence-corrected chi connectivity index (χ4v) is 3.28. The number of hydrogen-bond acceptors (Lipinski definition) is 4. The third kappa shape index (κ3) is 6.84. The van der Waals surface area contributed by atoms with Gasteiger partial charge in [0.05, 0.1) is 18.4 Å². The van der Waals surface area contributed by atoms with Crippen LogP contribution in [0.5, 0.6) is 0 Å². The molecule has 100 valence electrons. The van der Waals surface area contributed by atoms with E-state index in [-0.39, 0.29) is 31.2 Å². The summed E-state index contributed by atoms with van der Waals surface area (Å²) >= 11 is 5.61. The molecule has 0 rings (SSSR count). The van der Waals surface area contributed by atoms with Crippen molar-refractivity contribution in [2.45, 2.75) is 13.3 Å². The first kappa shape index (κ1) is 16.6. The summed E-state index contributed by atoms with van der Waals surface area (Å²) in [7, 11) is -1.85. The van der Waals surface area contributed by atoms with E-state index < -0.39 is 10.0 Å². The summed E-state index contributed by atoms with van der Waals surface area (Å²) in [4.78, 5) is 0. The van der Waals surface area contributed by atoms with E-state index in [1.165, 1.54) is 11.4 Å². The number of nitriles is 1. The highest BCUT2D eigenvalue weighted by molar-refractivity contribution is 7.89. The number of hydrogen-bond donors (Lipinski definition) is 0. The third-order valence-corrected chi connectivity index (χ3v) is 4.84. The predicted molar refractivity (Wildman–Crippen MR) is 67.3 cm³/mol. The van der Waals surface area contributed by atoms with Gasteiger partial charge in [0.15, 0.2) is 0 Å². The van der Waals surface area contributed by atoms with Crippen LogP contribution in [0.2, 0.25) is 0 Å². The van der Waals surface area contributed by atoms with Crippen LogP contribution in [0.3, 0.4) is 0 Å². The maximum absolute atomic E-state index is 12.0. The highest BCUT2D eigenvalue weighted by Crippen LogP contribution is 2.09. The Morgan fingerprint density at radius 2 is 2.12 bits per heavy atom. The van der Waals surface area contributed by atoms with Gasteiger partial charge in [0.2, 0.25) is 10.0 Å². The molecular weight excluding hydrogens is 264 g/mol. The average Bonchev–Trinajstić information content (AvgIpc) is 2.28. The van der Waals surface area contributed by atoms with Gasteiger partial charge in [-0.15, -0.1) is 11.6 Å². The number of sulfonamides is 1. The van der Waals surface area contributed by atoms with Crippen molar-refractivity contribution in [3.8, 4) is 6.07 Å². The zero-order chi connectivity index (χ0) is 13.3. The zero-order valence-corrected chi connectivity index (χ0v) is 11.8. The minimum Gasteiger partial charge on any atom is -0.383 e. The molecule has 0 heterocycles. The van der Waals surface area contributed by atoms with Gasteiger partial charge in [0, 0.05) is 32.5 Å². The van der Waals surface area contributed by atoms with Crippen molar-refractivity contribution in [1.82, 2.24) is 4.31 Å². The molecule has 17 heavy (non-hydrogen) atoms. The maximum atomic E-state index is 12.0. The van der Waals surface area contributed by atoms with Gasteiger partial charge < -0.3 is 4.74 Å². The summed E-state index contributed by atoms with van der Waals surface area (Å²) in [5.74, 6) is 0.204. The Balaban J connectivity index is 4.58. The molecule has 0 aliphatic carbocycles. The van der Waals surface area contributed by atoms with E-state index in [0.29, 0.717) is 12.5 Å². The van der Waals surface area contributed by atoms with E-state index in [1.807, 2.05) is 6.07 Å². The standard InChI is InChI=1S/C10H19ClN2O3S/c1-10(8-11)9-17(14,15)13(5-3-4-12)6-7-16-2/h10H,3,5-9H2,1-2H3. The van der Waals surface area contributed by atoms with Crippen LogP contribution in [-0.4, -0.2) is 51.2 Å². The van der Waals surface area contributed by atoms with Gasteiger partial charge in [-0.3, -0.25) is 0 Å². The monoisotopic (exact) mass is 282 g/mol. The molecule has 1 atom stereocenters. The molecule has 0 bridgehead atoms. The van der Waals surface area contributed by atoms with Crippen LogP contribution in [0.25, 0.3) is 0 Å². The summed E-state index contributed by atoms with van der Waals surface area (Å²) in [5, 5.41) is 8.51. The van der Waals surface area contributed by atoms with Gasteiger partial charge >= 0.3 is 0 Å². The second-order valence-corrected chi connectivity index (χ2v) is 6.16. The van der Waals surface area contributed by atoms with Crippen molar-refractivity contribution in [1.29, 1.82) is 5.26 Å². The first-order valence-electron chi connectivity index (χ1n) is 5.37. The SMILES string of the molecule is COCCN(CCC#N)S(=O)(=O)CC(C)CCl. The van der Waals surface area contributed by atoms with Gasteiger partial charge in [-0.2, -0.15) is 9.57 Å². The summed E-state index contributed by atoms with van der Waals surface area (Å²) in [6, 6.07) is 1.94. The van der Waals surface area contributed by atoms with Crippen molar-refractivity contribution < 1.29 is 13.2 Å². The highest BCUT2D eigenvalue weighted by atomic mass is 35.5. The molecule has 5 nitrogen and oxygen atoms in total. The molecule has 0 aromatic carbocycles. The summed E-state index contributed by atoms with van der Waals surface area (Å²) in [6.07, 6.45) is 0.179. The minimum atomic E-state index is -3.36. The lowest BCUT2D eigenvalue weighted by Crippen LogP contribution is -2.38. The Hall–Kier alpha value is -0.350. The first-order chi connectivity index (χ1) is 7.97. The molecule has 0 amide bonds. The lowest BCUT2D eigenvalue weighted by molar-refractivity contribution is 0.179. The smallest absolute Gasteiger partial charge is 0.214 e. The van der Waals surface area contributed by atoms with Crippen LogP contribution in [-0.2, 0) is 14.8 Å². The Labute approximate surface area is 108 Å². The first-order valence-corrected chi connectivity index (χ1v) is 7.52. The highest BCUT2D eigenvalue weighted by Gasteiger charge is 2.23. The number of alkyl halides is 1. The number of nitrogens with zero attached hydrogens (tertiary/aromatic N) is 2. The van der Waals surface area contributed by atoms with Crippen molar-refractivity contribution in [3.63, 3.8) is 0 Å². The van der Waals surface area contributed by atoms with Crippen molar-refractivity contribution in [2.24, 2.45) is 5.92 Å². The van der Waals surface area contributed by atoms with Crippen LogP contribution >= 0.6 is 11.6 Å². The van der Waals surface area contributed by atoms with Crippen LogP contribution < -0.4 is 0 Å². The zero-order valence-electron chi connectivity index (χ0n) is 10.2. The lowest BCUT2D eigenvalue weighted by Gasteiger charge is -2.22. The number of methoxy groups -OCH3 is 1. The summed E-state index contributed by atoms with van der Waals surface area (Å²) < 4.78 is 30.2. The van der Waals surface area contributed by atoms with Gasteiger partial charge in [-0.1, -0.05) is 6.92 Å². The van der Waals surface area contributed by atoms with E-state index in [2.05, 4.69) is 0 Å². The molecule has 0 aliphatic heterocycles. The molecule has 0 spiro atoms. The summed E-state index contributed by atoms with van der Waals surface area (Å²) in [5.41, 5.74) is 0. The Morgan fingerprint density at radius 3 is 2.59 bits per heavy atom. The topological polar surface area (TPSA) is 70.4 Å². The van der Waals surface area contributed by atoms with Gasteiger partial charge in [0.25, 0.3) is 0 Å². The largest absolute Gasteiger partial charge is 0.383 e. The van der Waals surface area contributed by atoms with E-state index in [4.69, 9.17) is 21.6 Å². The molecular formula is C10H19ClN2O3S. The Kier molecular flexibility index (Phi) is 8.52. The molecule has 0 saturated carbocycles. The molecule has 1 unspecified atom stereocenters. The predicted octanol–water partition coefficient (Wildman–Crippen LogP) is 1.05. The van der Waals surface area contributed by atoms with Crippen molar-refractivity contribution in [3.05, 3.63) is 0 Å². The minimum absolute atomic E-state index is 0.00560. The van der Waals surface area contributed by atoms with Gasteiger partial charge in [0.1, 0.15) is 0 Å². The molecule has 0 fully saturated rings. The van der Waals surface area contributed by atoms with Gasteiger partial charge in [-0.05, 0) is 5.92 Å². The number of halogens is 1. The quantitative estimate of drug-likeness (QED) is 0.593. The van der Waals surface area contributed by atoms with Crippen molar-refractivity contribution >= 4 is 21.6 Å². The Morgan fingerprint density at radius 1 is 1.47 bits per heavy atom. The lowest BCUT2D eigenvalue weighted by atomic mass is 10.3. The van der Waals surface area contributed by atoms with E-state index in [1.54, 1.807) is 6.92 Å². The fraction of sp³-hybridized carbons (Fsp3) is 0.900. The number of rotatable bonds is 9. The van der Waals surface area contributed by atoms with Crippen LogP contribution in [0.15, 0.2) is 0 Å². The van der Waals surface area contributed by atoms with E-state index in [9.17, 15) is 8.42 Å². The molecule has 7 heteroatoms. The molecule has 0 radical (unpaired) electrons. The van der Waals surface area contributed by atoms with Gasteiger partial charge in [-0.25, -0.2) is 8.42 Å². The molecule has 0 aromatic rings. The Bertz CT molecular complexity index is 340. The van der Waals surface area contributed by atoms with Crippen LogP contribution in [0.1, 0.15) is 13.3 Å². The number of ether oxygens (including phenoxy) is 1. The average molecular weight is 283 g/mol. The van der Waals surface area contributed by atoms with Crippen LogP contribution in [0.4, 0.5) is 0 Å². The fourth-order valence-electron chi connectivity index (χ4n) is 1.27. The maximum Gasteiger partial charge on any atom is 0.214 e. The molecule has 0 saturated heterocycles. The third-order valence-electron chi connectivity index (χ3n) is 2.17. The molecule has 0 aliphatic rings. The van der Waals surface area contributed by atoms with Crippen molar-refractivity contribution in [2.75, 3.05) is 38.4 Å². The summed E-state index contributed by atoms with van der Waals surface area (Å²) in [6.45, 7) is 2.58. The van der Waals surface area contributed by atoms with E-state index in [0.717, 1.165) is 0 Å². The van der Waals surface area contributed by atoms with E-state index >= 15 is 0 Å². The molecule has 0 aromatic heterocycles. The second-order valence-electron chi connectivity index (χ2n) is 3.84. The normalized spacial score (nSPS) is 13.6.